The predicted octanol–water partition coefficient (Wildman–Crippen LogP) is 1.73. The number of carbonyl (C=O) groups excluding carboxylic acids is 1. The number of nitrogens with zero attached hydrogens (tertiary/aromatic N) is 2. The Morgan fingerprint density at radius 3 is 2.29 bits per heavy atom. The monoisotopic (exact) mass is 381 g/mol. The summed E-state index contributed by atoms with van der Waals surface area (Å²) < 4.78 is 0. The Morgan fingerprint density at radius 2 is 1.71 bits per heavy atom. The fourth-order valence-electron chi connectivity index (χ4n) is 3.88. The second-order valence-electron chi connectivity index (χ2n) is 7.68. The Hall–Kier alpha value is -2.53. The van der Waals surface area contributed by atoms with Gasteiger partial charge in [0.25, 0.3) is 0 Å². The van der Waals surface area contributed by atoms with Crippen LogP contribution < -0.4 is 20.0 Å². The van der Waals surface area contributed by atoms with Crippen molar-refractivity contribution in [1.29, 1.82) is 0 Å². The van der Waals surface area contributed by atoms with Gasteiger partial charge in [-0.05, 0) is 24.3 Å². The first-order chi connectivity index (χ1) is 13.6. The zero-order valence-electron chi connectivity index (χ0n) is 17.3. The lowest BCUT2D eigenvalue weighted by Crippen LogP contribution is -3.15. The Balaban J connectivity index is 1.71. The largest absolute Gasteiger partial charge is 0.378 e. The average Bonchev–Trinajstić information content (AvgIpc) is 2.75. The Labute approximate surface area is 168 Å². The van der Waals surface area contributed by atoms with Gasteiger partial charge in [-0.15, -0.1) is 0 Å². The molecule has 1 heterocycles. The van der Waals surface area contributed by atoms with Crippen LogP contribution in [0.3, 0.4) is 0 Å². The third kappa shape index (κ3) is 5.04. The molecule has 2 N–H and O–H groups in total. The fourth-order valence-corrected chi connectivity index (χ4v) is 3.88. The first-order valence-electron chi connectivity index (χ1n) is 10.3. The number of quaternary nitrogens is 1. The Kier molecular flexibility index (Phi) is 6.93. The molecule has 5 heteroatoms. The van der Waals surface area contributed by atoms with Crippen LogP contribution in [-0.4, -0.2) is 52.7 Å². The van der Waals surface area contributed by atoms with Gasteiger partial charge in [0.2, 0.25) is 5.91 Å². The molecule has 0 radical (unpaired) electrons. The van der Waals surface area contributed by atoms with E-state index in [1.165, 1.54) is 16.9 Å². The summed E-state index contributed by atoms with van der Waals surface area (Å²) in [5, 5.41) is 3.12. The van der Waals surface area contributed by atoms with Crippen LogP contribution >= 0.6 is 0 Å². The summed E-state index contributed by atoms with van der Waals surface area (Å²) in [5.41, 5.74) is 3.79. The van der Waals surface area contributed by atoms with E-state index < -0.39 is 0 Å². The smallest absolute Gasteiger partial charge is 0.219 e. The highest BCUT2D eigenvalue weighted by atomic mass is 16.1. The van der Waals surface area contributed by atoms with Gasteiger partial charge in [0.15, 0.2) is 0 Å². The Bertz CT molecular complexity index is 737. The maximum atomic E-state index is 11.9. The lowest BCUT2D eigenvalue weighted by molar-refractivity contribution is -0.931. The number of benzene rings is 2. The third-order valence-electron chi connectivity index (χ3n) is 5.66. The molecule has 1 fully saturated rings. The van der Waals surface area contributed by atoms with Crippen molar-refractivity contribution < 1.29 is 9.69 Å². The molecule has 2 aromatic rings. The lowest BCUT2D eigenvalue weighted by atomic mass is 10.0. The number of nitrogens with one attached hydrogen (secondary N) is 2. The minimum atomic E-state index is 0.122. The topological polar surface area (TPSA) is 40.0 Å². The second-order valence-corrected chi connectivity index (χ2v) is 7.68. The highest BCUT2D eigenvalue weighted by Crippen LogP contribution is 2.17. The second kappa shape index (κ2) is 9.60. The summed E-state index contributed by atoms with van der Waals surface area (Å²) in [6.45, 7) is 6.80. The molecule has 150 valence electrons. The van der Waals surface area contributed by atoms with Crippen LogP contribution in [-0.2, 0) is 4.79 Å². The maximum Gasteiger partial charge on any atom is 0.219 e. The molecule has 1 atom stereocenters. The molecule has 0 spiro atoms. The molecular weight excluding hydrogens is 348 g/mol. The van der Waals surface area contributed by atoms with Crippen LogP contribution in [0.1, 0.15) is 24.9 Å². The molecule has 0 bridgehead atoms. The van der Waals surface area contributed by atoms with E-state index in [0.717, 1.165) is 26.2 Å². The third-order valence-corrected chi connectivity index (χ3v) is 5.66. The number of amides is 1. The zero-order chi connectivity index (χ0) is 19.9. The lowest BCUT2D eigenvalue weighted by Gasteiger charge is -2.38. The molecule has 0 saturated carbocycles. The van der Waals surface area contributed by atoms with Crippen molar-refractivity contribution in [2.45, 2.75) is 19.4 Å². The Morgan fingerprint density at radius 1 is 1.07 bits per heavy atom. The van der Waals surface area contributed by atoms with Gasteiger partial charge in [-0.2, -0.15) is 0 Å². The van der Waals surface area contributed by atoms with Crippen molar-refractivity contribution in [3.63, 3.8) is 0 Å². The van der Waals surface area contributed by atoms with Crippen LogP contribution in [0.15, 0.2) is 54.6 Å². The van der Waals surface area contributed by atoms with Crippen molar-refractivity contribution in [3.8, 4) is 0 Å². The van der Waals surface area contributed by atoms with Gasteiger partial charge < -0.3 is 20.0 Å². The van der Waals surface area contributed by atoms with E-state index in [9.17, 15) is 4.79 Å². The predicted molar refractivity (Wildman–Crippen MR) is 116 cm³/mol. The van der Waals surface area contributed by atoms with E-state index in [1.54, 1.807) is 4.90 Å². The summed E-state index contributed by atoms with van der Waals surface area (Å²) in [4.78, 5) is 18.0. The van der Waals surface area contributed by atoms with Gasteiger partial charge >= 0.3 is 0 Å². The molecule has 28 heavy (non-hydrogen) atoms. The van der Waals surface area contributed by atoms with E-state index in [-0.39, 0.29) is 11.9 Å². The van der Waals surface area contributed by atoms with E-state index in [1.807, 2.05) is 6.92 Å². The van der Waals surface area contributed by atoms with Crippen LogP contribution in [0.2, 0.25) is 0 Å². The summed E-state index contributed by atoms with van der Waals surface area (Å²) in [7, 11) is 4.12. The van der Waals surface area contributed by atoms with Crippen molar-refractivity contribution in [3.05, 3.63) is 60.2 Å². The highest BCUT2D eigenvalue weighted by Gasteiger charge is 2.29. The maximum absolute atomic E-state index is 11.9. The minimum absolute atomic E-state index is 0.122. The highest BCUT2D eigenvalue weighted by molar-refractivity contribution is 5.75. The van der Waals surface area contributed by atoms with Crippen molar-refractivity contribution in [1.82, 2.24) is 5.32 Å². The van der Waals surface area contributed by atoms with Gasteiger partial charge in [-0.3, -0.25) is 4.79 Å². The SMILES string of the molecule is CCC(=O)NC[C@H](c1ccc(N(C)C)cc1)[NH+]1CCN(c2ccccc2)CC1. The summed E-state index contributed by atoms with van der Waals surface area (Å²) >= 11 is 0. The number of carbonyl (C=O) groups is 1. The number of anilines is 2. The molecule has 5 nitrogen and oxygen atoms in total. The van der Waals surface area contributed by atoms with Gasteiger partial charge in [0, 0.05) is 37.5 Å². The molecule has 1 aliphatic rings. The van der Waals surface area contributed by atoms with Crippen molar-refractivity contribution in [2.75, 3.05) is 56.6 Å². The normalized spacial score (nSPS) is 15.9. The molecular formula is C23H33N4O+. The van der Waals surface area contributed by atoms with Crippen LogP contribution in [0.5, 0.6) is 0 Å². The first-order valence-corrected chi connectivity index (χ1v) is 10.3. The molecule has 0 aromatic heterocycles. The molecule has 1 aliphatic heterocycles. The fraction of sp³-hybridized carbons (Fsp3) is 0.435. The van der Waals surface area contributed by atoms with Crippen molar-refractivity contribution >= 4 is 17.3 Å². The summed E-state index contributed by atoms with van der Waals surface area (Å²) in [6, 6.07) is 19.7. The van der Waals surface area contributed by atoms with E-state index in [4.69, 9.17) is 0 Å². The number of hydrogen-bond acceptors (Lipinski definition) is 3. The number of hydrogen-bond donors (Lipinski definition) is 2. The number of para-hydroxylation sites is 1. The summed E-state index contributed by atoms with van der Waals surface area (Å²) in [6.07, 6.45) is 0.531. The average molecular weight is 382 g/mol. The standard InChI is InChI=1S/C23H32N4O/c1-4-23(28)24-18-22(19-10-12-20(13-11-19)25(2)3)27-16-14-26(15-17-27)21-8-6-5-7-9-21/h5-13,22H,4,14-18H2,1-3H3,(H,24,28)/p+1/t22-/m1/s1. The van der Waals surface area contributed by atoms with E-state index in [0.29, 0.717) is 13.0 Å². The van der Waals surface area contributed by atoms with Crippen LogP contribution in [0.4, 0.5) is 11.4 Å². The van der Waals surface area contributed by atoms with E-state index >= 15 is 0 Å². The van der Waals surface area contributed by atoms with Crippen LogP contribution in [0.25, 0.3) is 0 Å². The quantitative estimate of drug-likeness (QED) is 0.767. The number of piperazine rings is 1. The zero-order valence-corrected chi connectivity index (χ0v) is 17.3. The molecule has 0 unspecified atom stereocenters. The molecule has 1 saturated heterocycles. The van der Waals surface area contributed by atoms with E-state index in [2.05, 4.69) is 83.8 Å². The molecule has 1 amide bonds. The molecule has 2 aromatic carbocycles. The molecule has 3 rings (SSSR count). The number of rotatable bonds is 7. The molecule has 0 aliphatic carbocycles. The van der Waals surface area contributed by atoms with Crippen molar-refractivity contribution in [2.24, 2.45) is 0 Å². The summed E-state index contributed by atoms with van der Waals surface area (Å²) in [5.74, 6) is 0.122. The van der Waals surface area contributed by atoms with Gasteiger partial charge in [-0.1, -0.05) is 37.3 Å². The minimum Gasteiger partial charge on any atom is -0.378 e. The van der Waals surface area contributed by atoms with Gasteiger partial charge in [0.05, 0.1) is 32.7 Å². The first kappa shape index (κ1) is 20.2. The van der Waals surface area contributed by atoms with Crippen LogP contribution in [0, 0.1) is 0 Å². The van der Waals surface area contributed by atoms with Gasteiger partial charge in [-0.25, -0.2) is 0 Å². The van der Waals surface area contributed by atoms with Gasteiger partial charge in [0.1, 0.15) is 6.04 Å².